The lowest BCUT2D eigenvalue weighted by Crippen LogP contribution is -2.32. The molecule has 3 aromatic rings. The second-order valence-electron chi connectivity index (χ2n) is 7.28. The Morgan fingerprint density at radius 1 is 1.12 bits per heavy atom. The Morgan fingerprint density at radius 3 is 2.58 bits per heavy atom. The number of hydrogen-bond acceptors (Lipinski definition) is 4. The Bertz CT molecular complexity index is 970. The third-order valence-electron chi connectivity index (χ3n) is 5.30. The van der Waals surface area contributed by atoms with E-state index in [9.17, 15) is 9.90 Å². The number of aromatic hydroxyl groups is 1. The van der Waals surface area contributed by atoms with Gasteiger partial charge in [-0.15, -0.1) is 0 Å². The molecule has 1 saturated heterocycles. The Labute approximate surface area is 152 Å². The van der Waals surface area contributed by atoms with Crippen LogP contribution in [0.15, 0.2) is 57.7 Å². The number of hydrogen-bond donors (Lipinski definition) is 1. The number of rotatable bonds is 3. The van der Waals surface area contributed by atoms with E-state index in [0.717, 1.165) is 35.5 Å². The molecule has 1 N–H and O–H groups in total. The van der Waals surface area contributed by atoms with Gasteiger partial charge in [-0.3, -0.25) is 4.90 Å². The van der Waals surface area contributed by atoms with Crippen molar-refractivity contribution in [2.75, 3.05) is 13.1 Å². The highest BCUT2D eigenvalue weighted by Crippen LogP contribution is 2.34. The van der Waals surface area contributed by atoms with Gasteiger partial charge >= 0.3 is 5.63 Å². The Balaban J connectivity index is 1.75. The molecule has 0 spiro atoms. The van der Waals surface area contributed by atoms with E-state index in [1.165, 1.54) is 12.8 Å². The minimum atomic E-state index is -0.345. The van der Waals surface area contributed by atoms with Crippen LogP contribution in [-0.4, -0.2) is 23.1 Å². The molecule has 2 heterocycles. The van der Waals surface area contributed by atoms with Crippen LogP contribution in [0.1, 0.15) is 25.3 Å². The van der Waals surface area contributed by atoms with Gasteiger partial charge in [0.1, 0.15) is 11.3 Å². The number of likely N-dealkylation sites (tertiary alicyclic amines) is 1. The summed E-state index contributed by atoms with van der Waals surface area (Å²) < 4.78 is 5.44. The van der Waals surface area contributed by atoms with E-state index < -0.39 is 0 Å². The molecule has 1 aliphatic heterocycles. The molecule has 4 rings (SSSR count). The minimum Gasteiger partial charge on any atom is -0.507 e. The molecule has 1 aromatic heterocycles. The van der Waals surface area contributed by atoms with Gasteiger partial charge in [-0.2, -0.15) is 0 Å². The van der Waals surface area contributed by atoms with Gasteiger partial charge in [0, 0.05) is 23.6 Å². The monoisotopic (exact) mass is 349 g/mol. The molecule has 0 bridgehead atoms. The first-order valence-electron chi connectivity index (χ1n) is 9.17. The third-order valence-corrected chi connectivity index (χ3v) is 5.30. The predicted molar refractivity (Wildman–Crippen MR) is 103 cm³/mol. The van der Waals surface area contributed by atoms with Crippen molar-refractivity contribution in [3.8, 4) is 16.9 Å². The highest BCUT2D eigenvalue weighted by Gasteiger charge is 2.18. The zero-order valence-corrected chi connectivity index (χ0v) is 14.9. The molecule has 0 atom stereocenters. The maximum atomic E-state index is 12.1. The molecule has 1 aliphatic rings. The van der Waals surface area contributed by atoms with Crippen LogP contribution in [-0.2, 0) is 6.54 Å². The van der Waals surface area contributed by atoms with Gasteiger partial charge in [0.25, 0.3) is 0 Å². The number of nitrogens with zero attached hydrogens (tertiary/aromatic N) is 1. The molecule has 0 aliphatic carbocycles. The predicted octanol–water partition coefficient (Wildman–Crippen LogP) is 4.40. The van der Waals surface area contributed by atoms with E-state index in [1.807, 2.05) is 30.3 Å². The Kier molecular flexibility index (Phi) is 4.51. The molecule has 4 nitrogen and oxygen atoms in total. The SMILES string of the molecule is CC1CCN(Cc2cc(=O)oc3cc(-c4ccccc4)c(O)cc23)CC1. The molecule has 2 aromatic carbocycles. The summed E-state index contributed by atoms with van der Waals surface area (Å²) in [5.41, 5.74) is 2.66. The number of fused-ring (bicyclic) bond motifs is 1. The molecule has 134 valence electrons. The van der Waals surface area contributed by atoms with Crippen LogP contribution < -0.4 is 5.63 Å². The van der Waals surface area contributed by atoms with Crippen molar-refractivity contribution in [2.45, 2.75) is 26.3 Å². The van der Waals surface area contributed by atoms with E-state index >= 15 is 0 Å². The fourth-order valence-corrected chi connectivity index (χ4v) is 3.70. The third kappa shape index (κ3) is 3.37. The molecule has 0 amide bonds. The summed E-state index contributed by atoms with van der Waals surface area (Å²) in [5.74, 6) is 0.965. The highest BCUT2D eigenvalue weighted by molar-refractivity contribution is 5.88. The molecular weight excluding hydrogens is 326 g/mol. The van der Waals surface area contributed by atoms with E-state index in [0.29, 0.717) is 17.7 Å². The van der Waals surface area contributed by atoms with Gasteiger partial charge in [0.2, 0.25) is 0 Å². The minimum absolute atomic E-state index is 0.200. The van der Waals surface area contributed by atoms with Crippen molar-refractivity contribution in [2.24, 2.45) is 5.92 Å². The largest absolute Gasteiger partial charge is 0.507 e. The molecule has 4 heteroatoms. The van der Waals surface area contributed by atoms with E-state index in [1.54, 1.807) is 18.2 Å². The maximum absolute atomic E-state index is 12.1. The van der Waals surface area contributed by atoms with Crippen molar-refractivity contribution in [1.29, 1.82) is 0 Å². The topological polar surface area (TPSA) is 53.7 Å². The first-order valence-corrected chi connectivity index (χ1v) is 9.17. The smallest absolute Gasteiger partial charge is 0.336 e. The lowest BCUT2D eigenvalue weighted by Gasteiger charge is -2.30. The van der Waals surface area contributed by atoms with Crippen molar-refractivity contribution < 1.29 is 9.52 Å². The average molecular weight is 349 g/mol. The van der Waals surface area contributed by atoms with Gasteiger partial charge in [-0.1, -0.05) is 37.3 Å². The molecule has 26 heavy (non-hydrogen) atoms. The molecule has 1 fully saturated rings. The van der Waals surface area contributed by atoms with Gasteiger partial charge in [0.15, 0.2) is 0 Å². The first kappa shape index (κ1) is 16.9. The average Bonchev–Trinajstić information content (AvgIpc) is 2.64. The zero-order valence-electron chi connectivity index (χ0n) is 14.9. The highest BCUT2D eigenvalue weighted by atomic mass is 16.4. The zero-order chi connectivity index (χ0) is 18.1. The van der Waals surface area contributed by atoms with Crippen LogP contribution in [0.5, 0.6) is 5.75 Å². The van der Waals surface area contributed by atoms with E-state index in [-0.39, 0.29) is 11.4 Å². The summed E-state index contributed by atoms with van der Waals surface area (Å²) in [5, 5.41) is 11.4. The Hall–Kier alpha value is -2.59. The maximum Gasteiger partial charge on any atom is 0.336 e. The Morgan fingerprint density at radius 2 is 1.85 bits per heavy atom. The summed E-state index contributed by atoms with van der Waals surface area (Å²) in [7, 11) is 0. The normalized spacial score (nSPS) is 16.2. The standard InChI is InChI=1S/C22H23NO3/c1-15-7-9-23(10-8-15)14-17-11-22(25)26-21-13-18(20(24)12-19(17)21)16-5-3-2-4-6-16/h2-6,11-13,15,24H,7-10,14H2,1H3. The second-order valence-corrected chi connectivity index (χ2v) is 7.28. The van der Waals surface area contributed by atoms with Crippen LogP contribution in [0, 0.1) is 5.92 Å². The van der Waals surface area contributed by atoms with E-state index in [2.05, 4.69) is 11.8 Å². The van der Waals surface area contributed by atoms with Crippen molar-refractivity contribution in [3.63, 3.8) is 0 Å². The van der Waals surface area contributed by atoms with Crippen LogP contribution in [0.3, 0.4) is 0 Å². The summed E-state index contributed by atoms with van der Waals surface area (Å²) >= 11 is 0. The molecular formula is C22H23NO3. The van der Waals surface area contributed by atoms with Crippen molar-refractivity contribution in [1.82, 2.24) is 4.90 Å². The summed E-state index contributed by atoms with van der Waals surface area (Å²) in [4.78, 5) is 14.5. The lowest BCUT2D eigenvalue weighted by molar-refractivity contribution is 0.185. The van der Waals surface area contributed by atoms with E-state index in [4.69, 9.17) is 4.42 Å². The quantitative estimate of drug-likeness (QED) is 0.712. The fraction of sp³-hybridized carbons (Fsp3) is 0.318. The van der Waals surface area contributed by atoms with Crippen LogP contribution in [0.4, 0.5) is 0 Å². The van der Waals surface area contributed by atoms with Crippen molar-refractivity contribution >= 4 is 11.0 Å². The summed E-state index contributed by atoms with van der Waals surface area (Å²) in [6, 6.07) is 14.7. The van der Waals surface area contributed by atoms with Crippen LogP contribution >= 0.6 is 0 Å². The molecule has 0 radical (unpaired) electrons. The number of benzene rings is 2. The molecule has 0 unspecified atom stereocenters. The number of phenols is 1. The molecule has 0 saturated carbocycles. The summed E-state index contributed by atoms with van der Waals surface area (Å²) in [6.07, 6.45) is 2.37. The number of phenolic OH excluding ortho intramolecular Hbond substituents is 1. The van der Waals surface area contributed by atoms with Gasteiger partial charge < -0.3 is 9.52 Å². The summed E-state index contributed by atoms with van der Waals surface area (Å²) in [6.45, 7) is 5.07. The lowest BCUT2D eigenvalue weighted by atomic mass is 9.98. The first-order chi connectivity index (χ1) is 12.6. The van der Waals surface area contributed by atoms with Crippen molar-refractivity contribution in [3.05, 3.63) is 64.5 Å². The fourth-order valence-electron chi connectivity index (χ4n) is 3.70. The van der Waals surface area contributed by atoms with Crippen LogP contribution in [0.2, 0.25) is 0 Å². The van der Waals surface area contributed by atoms with Crippen LogP contribution in [0.25, 0.3) is 22.1 Å². The second kappa shape index (κ2) is 6.96. The van der Waals surface area contributed by atoms with Gasteiger partial charge in [-0.05, 0) is 55.1 Å². The number of piperidine rings is 1. The van der Waals surface area contributed by atoms with Gasteiger partial charge in [-0.25, -0.2) is 4.79 Å². The van der Waals surface area contributed by atoms with Gasteiger partial charge in [0.05, 0.1) is 0 Å².